The van der Waals surface area contributed by atoms with Crippen LogP contribution in [0.2, 0.25) is 0 Å². The third-order valence-corrected chi connectivity index (χ3v) is 5.88. The van der Waals surface area contributed by atoms with Gasteiger partial charge in [-0.3, -0.25) is 18.6 Å². The van der Waals surface area contributed by atoms with Gasteiger partial charge in [0.2, 0.25) is 11.7 Å². The lowest BCUT2D eigenvalue weighted by atomic mass is 10.2. The van der Waals surface area contributed by atoms with Crippen molar-refractivity contribution in [3.63, 3.8) is 0 Å². The molecule has 1 N–H and O–H groups in total. The molecule has 0 unspecified atom stereocenters. The molecule has 2 heterocycles. The SMILES string of the molecule is CCCCn1c(=O)c2ccccc2n2c(SCC(=O)NCc3ccc(F)cc3)nnc12. The van der Waals surface area contributed by atoms with E-state index in [1.807, 2.05) is 22.6 Å². The molecule has 0 aliphatic heterocycles. The molecule has 2 aromatic carbocycles. The van der Waals surface area contributed by atoms with E-state index in [-0.39, 0.29) is 23.0 Å². The van der Waals surface area contributed by atoms with Crippen molar-refractivity contribution in [2.45, 2.75) is 38.0 Å². The summed E-state index contributed by atoms with van der Waals surface area (Å²) >= 11 is 1.26. The normalized spacial score (nSPS) is 11.3. The number of carbonyl (C=O) groups is 1. The van der Waals surface area contributed by atoms with Crippen LogP contribution in [0.5, 0.6) is 0 Å². The summed E-state index contributed by atoms with van der Waals surface area (Å²) < 4.78 is 16.5. The minimum absolute atomic E-state index is 0.0856. The number of halogens is 1. The van der Waals surface area contributed by atoms with Crippen LogP contribution >= 0.6 is 11.8 Å². The van der Waals surface area contributed by atoms with Gasteiger partial charge in [0.15, 0.2) is 5.16 Å². The van der Waals surface area contributed by atoms with Crippen molar-refractivity contribution >= 4 is 34.3 Å². The summed E-state index contributed by atoms with van der Waals surface area (Å²) in [5, 5.41) is 12.5. The Hall–Kier alpha value is -3.20. The largest absolute Gasteiger partial charge is 0.351 e. The molecule has 160 valence electrons. The Kier molecular flexibility index (Phi) is 6.31. The Balaban J connectivity index is 1.56. The smallest absolute Gasteiger partial charge is 0.262 e. The van der Waals surface area contributed by atoms with Gasteiger partial charge in [-0.25, -0.2) is 4.39 Å². The first-order valence-electron chi connectivity index (χ1n) is 10.1. The average Bonchev–Trinajstić information content (AvgIpc) is 3.21. The zero-order valence-electron chi connectivity index (χ0n) is 17.0. The number of nitrogens with zero attached hydrogens (tertiary/aromatic N) is 4. The van der Waals surface area contributed by atoms with Gasteiger partial charge in [-0.1, -0.05) is 49.4 Å². The van der Waals surface area contributed by atoms with Gasteiger partial charge in [0, 0.05) is 13.1 Å². The van der Waals surface area contributed by atoms with E-state index in [4.69, 9.17) is 0 Å². The van der Waals surface area contributed by atoms with Gasteiger partial charge in [0.25, 0.3) is 5.56 Å². The van der Waals surface area contributed by atoms with Crippen molar-refractivity contribution < 1.29 is 9.18 Å². The molecular weight excluding hydrogens is 417 g/mol. The standard InChI is InChI=1S/C22H22FN5O2S/c1-2-3-12-27-20(30)17-6-4-5-7-18(17)28-21(27)25-26-22(28)31-14-19(29)24-13-15-8-10-16(23)11-9-15/h4-11H,2-3,12-14H2,1H3,(H,24,29). The van der Waals surface area contributed by atoms with Crippen LogP contribution in [0.4, 0.5) is 4.39 Å². The molecular formula is C22H22FN5O2S. The van der Waals surface area contributed by atoms with Gasteiger partial charge in [0.05, 0.1) is 16.7 Å². The maximum absolute atomic E-state index is 13.0. The molecule has 9 heteroatoms. The zero-order chi connectivity index (χ0) is 21.8. The number of nitrogens with one attached hydrogen (secondary N) is 1. The average molecular weight is 440 g/mol. The molecule has 1 amide bonds. The van der Waals surface area contributed by atoms with Crippen molar-refractivity contribution in [3.05, 3.63) is 70.3 Å². The lowest BCUT2D eigenvalue weighted by Gasteiger charge is -2.11. The molecule has 0 aliphatic rings. The quantitative estimate of drug-likeness (QED) is 0.426. The molecule has 0 spiro atoms. The molecule has 4 aromatic rings. The summed E-state index contributed by atoms with van der Waals surface area (Å²) in [5.74, 6) is 0.139. The number of thioether (sulfide) groups is 1. The predicted molar refractivity (Wildman–Crippen MR) is 119 cm³/mol. The summed E-state index contributed by atoms with van der Waals surface area (Å²) in [6.07, 6.45) is 1.81. The second-order valence-electron chi connectivity index (χ2n) is 7.14. The van der Waals surface area contributed by atoms with Crippen LogP contribution in [-0.2, 0) is 17.9 Å². The van der Waals surface area contributed by atoms with E-state index in [2.05, 4.69) is 22.4 Å². The molecule has 0 fully saturated rings. The highest BCUT2D eigenvalue weighted by atomic mass is 32.2. The number of rotatable bonds is 8. The highest BCUT2D eigenvalue weighted by Gasteiger charge is 2.17. The number of hydrogen-bond acceptors (Lipinski definition) is 5. The number of aromatic nitrogens is 4. The van der Waals surface area contributed by atoms with Gasteiger partial charge < -0.3 is 5.32 Å². The molecule has 4 rings (SSSR count). The van der Waals surface area contributed by atoms with E-state index in [1.165, 1.54) is 23.9 Å². The third kappa shape index (κ3) is 4.46. The fourth-order valence-electron chi connectivity index (χ4n) is 3.33. The summed E-state index contributed by atoms with van der Waals surface area (Å²) in [6.45, 7) is 2.95. The molecule has 31 heavy (non-hydrogen) atoms. The molecule has 7 nitrogen and oxygen atoms in total. The number of amides is 1. The summed E-state index contributed by atoms with van der Waals surface area (Å²) in [5.41, 5.74) is 1.45. The number of aryl methyl sites for hydroxylation is 1. The molecule has 0 saturated carbocycles. The first-order chi connectivity index (χ1) is 15.1. The van der Waals surface area contributed by atoms with Crippen molar-refractivity contribution in [2.24, 2.45) is 0 Å². The third-order valence-electron chi connectivity index (χ3n) is 4.95. The Morgan fingerprint density at radius 1 is 1.13 bits per heavy atom. The molecule has 0 radical (unpaired) electrons. The zero-order valence-corrected chi connectivity index (χ0v) is 17.9. The molecule has 0 aliphatic carbocycles. The fourth-order valence-corrected chi connectivity index (χ4v) is 4.10. The number of carbonyl (C=O) groups excluding carboxylic acids is 1. The van der Waals surface area contributed by atoms with Gasteiger partial charge >= 0.3 is 0 Å². The lowest BCUT2D eigenvalue weighted by Crippen LogP contribution is -2.25. The number of para-hydroxylation sites is 1. The highest BCUT2D eigenvalue weighted by molar-refractivity contribution is 7.99. The topological polar surface area (TPSA) is 81.3 Å². The number of fused-ring (bicyclic) bond motifs is 3. The van der Waals surface area contributed by atoms with Crippen molar-refractivity contribution in [1.29, 1.82) is 0 Å². The van der Waals surface area contributed by atoms with Gasteiger partial charge in [-0.15, -0.1) is 10.2 Å². The number of hydrogen-bond donors (Lipinski definition) is 1. The number of unbranched alkanes of at least 4 members (excludes halogenated alkanes) is 1. The molecule has 2 aromatic heterocycles. The molecule has 0 saturated heterocycles. The minimum atomic E-state index is -0.311. The van der Waals surface area contributed by atoms with E-state index in [9.17, 15) is 14.0 Å². The van der Waals surface area contributed by atoms with E-state index in [0.29, 0.717) is 29.4 Å². The molecule has 0 bridgehead atoms. The summed E-state index contributed by atoms with van der Waals surface area (Å²) in [7, 11) is 0. The number of benzene rings is 2. The second kappa shape index (κ2) is 9.30. The first kappa shape index (κ1) is 21.0. The van der Waals surface area contributed by atoms with E-state index < -0.39 is 0 Å². The van der Waals surface area contributed by atoms with E-state index in [1.54, 1.807) is 22.8 Å². The maximum Gasteiger partial charge on any atom is 0.262 e. The predicted octanol–water partition coefficient (Wildman–Crippen LogP) is 3.39. The van der Waals surface area contributed by atoms with E-state index in [0.717, 1.165) is 23.9 Å². The lowest BCUT2D eigenvalue weighted by molar-refractivity contribution is -0.118. The van der Waals surface area contributed by atoms with Crippen LogP contribution in [0.1, 0.15) is 25.3 Å². The van der Waals surface area contributed by atoms with Gasteiger partial charge in [0.1, 0.15) is 5.82 Å². The van der Waals surface area contributed by atoms with Crippen LogP contribution in [0, 0.1) is 5.82 Å². The van der Waals surface area contributed by atoms with Crippen LogP contribution in [0.3, 0.4) is 0 Å². The van der Waals surface area contributed by atoms with Crippen molar-refractivity contribution in [3.8, 4) is 0 Å². The fraction of sp³-hybridized carbons (Fsp3) is 0.273. The molecule has 0 atom stereocenters. The Morgan fingerprint density at radius 3 is 2.68 bits per heavy atom. The van der Waals surface area contributed by atoms with Crippen LogP contribution < -0.4 is 10.9 Å². The maximum atomic E-state index is 13.0. The van der Waals surface area contributed by atoms with Gasteiger partial charge in [-0.05, 0) is 36.2 Å². The van der Waals surface area contributed by atoms with Crippen LogP contribution in [-0.4, -0.2) is 30.8 Å². The van der Waals surface area contributed by atoms with Crippen molar-refractivity contribution in [2.75, 3.05) is 5.75 Å². The summed E-state index contributed by atoms with van der Waals surface area (Å²) in [6, 6.07) is 13.3. The Labute approximate surface area is 182 Å². The first-order valence-corrected chi connectivity index (χ1v) is 11.1. The van der Waals surface area contributed by atoms with Crippen LogP contribution in [0.25, 0.3) is 16.7 Å². The second-order valence-corrected chi connectivity index (χ2v) is 8.08. The Morgan fingerprint density at radius 2 is 1.90 bits per heavy atom. The van der Waals surface area contributed by atoms with Crippen molar-refractivity contribution in [1.82, 2.24) is 24.5 Å². The minimum Gasteiger partial charge on any atom is -0.351 e. The van der Waals surface area contributed by atoms with Crippen LogP contribution in [0.15, 0.2) is 58.5 Å². The highest BCUT2D eigenvalue weighted by Crippen LogP contribution is 2.21. The monoisotopic (exact) mass is 439 g/mol. The van der Waals surface area contributed by atoms with E-state index >= 15 is 0 Å². The Bertz CT molecular complexity index is 1280. The summed E-state index contributed by atoms with van der Waals surface area (Å²) in [4.78, 5) is 25.3. The van der Waals surface area contributed by atoms with Gasteiger partial charge in [-0.2, -0.15) is 0 Å².